The Hall–Kier alpha value is -1.84. The molecule has 2 atom stereocenters. The molecule has 0 spiro atoms. The monoisotopic (exact) mass is 247 g/mol. The third-order valence-corrected chi connectivity index (χ3v) is 3.51. The van der Waals surface area contributed by atoms with E-state index in [9.17, 15) is 14.7 Å². The van der Waals surface area contributed by atoms with E-state index in [1.165, 1.54) is 4.90 Å². The van der Waals surface area contributed by atoms with E-state index >= 15 is 0 Å². The van der Waals surface area contributed by atoms with Gasteiger partial charge in [-0.15, -0.1) is 0 Å². The van der Waals surface area contributed by atoms with Crippen LogP contribution in [-0.4, -0.2) is 34.5 Å². The third kappa shape index (κ3) is 2.23. The fourth-order valence-corrected chi connectivity index (χ4v) is 2.41. The van der Waals surface area contributed by atoms with E-state index < -0.39 is 12.0 Å². The lowest BCUT2D eigenvalue weighted by atomic mass is 10.0. The maximum absolute atomic E-state index is 12.3. The summed E-state index contributed by atoms with van der Waals surface area (Å²) >= 11 is 0. The molecular formula is C14H17NO3. The normalized spacial score (nSPS) is 23.1. The highest BCUT2D eigenvalue weighted by Crippen LogP contribution is 2.25. The summed E-state index contributed by atoms with van der Waals surface area (Å²) in [4.78, 5) is 25.0. The molecule has 96 valence electrons. The van der Waals surface area contributed by atoms with Gasteiger partial charge in [0.25, 0.3) is 5.91 Å². The fourth-order valence-electron chi connectivity index (χ4n) is 2.41. The Morgan fingerprint density at radius 2 is 1.89 bits per heavy atom. The van der Waals surface area contributed by atoms with Crippen molar-refractivity contribution >= 4 is 11.9 Å². The lowest BCUT2D eigenvalue weighted by Gasteiger charge is -2.23. The molecule has 2 unspecified atom stereocenters. The van der Waals surface area contributed by atoms with Crippen LogP contribution in [0.1, 0.15) is 29.3 Å². The Morgan fingerprint density at radius 1 is 1.28 bits per heavy atom. The third-order valence-electron chi connectivity index (χ3n) is 3.51. The lowest BCUT2D eigenvalue weighted by Crippen LogP contribution is -2.42. The molecule has 2 rings (SSSR count). The van der Waals surface area contributed by atoms with E-state index in [2.05, 4.69) is 0 Å². The zero-order valence-electron chi connectivity index (χ0n) is 10.6. The minimum atomic E-state index is -0.916. The SMILES string of the molecule is Cc1ccc(C(=O)N2CCC(C)C2C(=O)O)cc1. The van der Waals surface area contributed by atoms with Crippen LogP contribution in [0.15, 0.2) is 24.3 Å². The van der Waals surface area contributed by atoms with Crippen molar-refractivity contribution in [3.63, 3.8) is 0 Å². The van der Waals surface area contributed by atoms with Gasteiger partial charge in [0.15, 0.2) is 0 Å². The van der Waals surface area contributed by atoms with Gasteiger partial charge in [0, 0.05) is 12.1 Å². The largest absolute Gasteiger partial charge is 0.480 e. The van der Waals surface area contributed by atoms with E-state index in [0.717, 1.165) is 12.0 Å². The van der Waals surface area contributed by atoms with Gasteiger partial charge in [-0.1, -0.05) is 24.6 Å². The van der Waals surface area contributed by atoms with E-state index in [-0.39, 0.29) is 11.8 Å². The molecule has 1 fully saturated rings. The standard InChI is InChI=1S/C14H17NO3/c1-9-3-5-11(6-4-9)13(16)15-8-7-10(2)12(15)14(17)18/h3-6,10,12H,7-8H2,1-2H3,(H,17,18). The molecule has 0 aliphatic carbocycles. The number of aryl methyl sites for hydroxylation is 1. The summed E-state index contributed by atoms with van der Waals surface area (Å²) in [7, 11) is 0. The van der Waals surface area contributed by atoms with Gasteiger partial charge in [-0.2, -0.15) is 0 Å². The molecule has 18 heavy (non-hydrogen) atoms. The molecule has 4 heteroatoms. The topological polar surface area (TPSA) is 57.6 Å². The van der Waals surface area contributed by atoms with Crippen LogP contribution in [-0.2, 0) is 4.79 Å². The van der Waals surface area contributed by atoms with Gasteiger partial charge in [0.2, 0.25) is 0 Å². The second kappa shape index (κ2) is 4.80. The number of rotatable bonds is 2. The van der Waals surface area contributed by atoms with Crippen LogP contribution < -0.4 is 0 Å². The van der Waals surface area contributed by atoms with Crippen molar-refractivity contribution in [2.45, 2.75) is 26.3 Å². The van der Waals surface area contributed by atoms with Crippen molar-refractivity contribution in [3.05, 3.63) is 35.4 Å². The van der Waals surface area contributed by atoms with E-state index in [4.69, 9.17) is 0 Å². The number of carboxylic acid groups (broad SMARTS) is 1. The predicted octanol–water partition coefficient (Wildman–Crippen LogP) is 1.93. The molecule has 0 aromatic heterocycles. The van der Waals surface area contributed by atoms with Crippen LogP contribution in [0.2, 0.25) is 0 Å². The Labute approximate surface area is 106 Å². The van der Waals surface area contributed by atoms with Crippen LogP contribution in [0.25, 0.3) is 0 Å². The first kappa shape index (κ1) is 12.6. The number of aliphatic carboxylic acids is 1. The Bertz CT molecular complexity index is 466. The highest BCUT2D eigenvalue weighted by molar-refractivity contribution is 5.97. The lowest BCUT2D eigenvalue weighted by molar-refractivity contribution is -0.142. The molecule has 0 bridgehead atoms. The molecular weight excluding hydrogens is 230 g/mol. The zero-order chi connectivity index (χ0) is 13.3. The molecule has 1 aromatic carbocycles. The summed E-state index contributed by atoms with van der Waals surface area (Å²) in [5.74, 6) is -1.09. The molecule has 1 heterocycles. The Kier molecular flexibility index (Phi) is 3.36. The first-order valence-corrected chi connectivity index (χ1v) is 6.11. The fraction of sp³-hybridized carbons (Fsp3) is 0.429. The minimum Gasteiger partial charge on any atom is -0.480 e. The van der Waals surface area contributed by atoms with Gasteiger partial charge in [-0.05, 0) is 31.4 Å². The van der Waals surface area contributed by atoms with Crippen molar-refractivity contribution in [1.82, 2.24) is 4.90 Å². The number of carboxylic acids is 1. The van der Waals surface area contributed by atoms with Crippen molar-refractivity contribution in [3.8, 4) is 0 Å². The number of hydrogen-bond acceptors (Lipinski definition) is 2. The minimum absolute atomic E-state index is 0.0110. The molecule has 1 aliphatic rings. The summed E-state index contributed by atoms with van der Waals surface area (Å²) in [6.45, 7) is 4.35. The number of benzene rings is 1. The van der Waals surface area contributed by atoms with Crippen LogP contribution in [0.5, 0.6) is 0 Å². The maximum Gasteiger partial charge on any atom is 0.326 e. The first-order valence-electron chi connectivity index (χ1n) is 6.11. The van der Waals surface area contributed by atoms with Gasteiger partial charge >= 0.3 is 5.97 Å². The first-order chi connectivity index (χ1) is 8.50. The van der Waals surface area contributed by atoms with Gasteiger partial charge in [-0.3, -0.25) is 4.79 Å². The number of hydrogen-bond donors (Lipinski definition) is 1. The smallest absolute Gasteiger partial charge is 0.326 e. The number of nitrogens with zero attached hydrogens (tertiary/aromatic N) is 1. The van der Waals surface area contributed by atoms with Crippen LogP contribution >= 0.6 is 0 Å². The van der Waals surface area contributed by atoms with Crippen LogP contribution in [0.4, 0.5) is 0 Å². The second-order valence-corrected chi connectivity index (χ2v) is 4.91. The molecule has 1 amide bonds. The highest BCUT2D eigenvalue weighted by atomic mass is 16.4. The number of carbonyl (C=O) groups is 2. The zero-order valence-corrected chi connectivity index (χ0v) is 10.6. The summed E-state index contributed by atoms with van der Waals surface area (Å²) in [6.07, 6.45) is 0.745. The number of carbonyl (C=O) groups excluding carboxylic acids is 1. The molecule has 1 aromatic rings. The summed E-state index contributed by atoms with van der Waals surface area (Å²) in [5.41, 5.74) is 1.64. The maximum atomic E-state index is 12.3. The summed E-state index contributed by atoms with van der Waals surface area (Å²) in [5, 5.41) is 9.20. The number of likely N-dealkylation sites (tertiary alicyclic amines) is 1. The van der Waals surface area contributed by atoms with E-state index in [0.29, 0.717) is 12.1 Å². The van der Waals surface area contributed by atoms with Crippen molar-refractivity contribution in [1.29, 1.82) is 0 Å². The summed E-state index contributed by atoms with van der Waals surface area (Å²) in [6, 6.07) is 6.53. The van der Waals surface area contributed by atoms with Crippen molar-refractivity contribution in [2.24, 2.45) is 5.92 Å². The Balaban J connectivity index is 2.23. The van der Waals surface area contributed by atoms with Gasteiger partial charge < -0.3 is 10.0 Å². The molecule has 4 nitrogen and oxygen atoms in total. The summed E-state index contributed by atoms with van der Waals surface area (Å²) < 4.78 is 0. The molecule has 0 saturated carbocycles. The van der Waals surface area contributed by atoms with Gasteiger partial charge in [0.1, 0.15) is 6.04 Å². The predicted molar refractivity (Wildman–Crippen MR) is 67.4 cm³/mol. The average Bonchev–Trinajstić information content (AvgIpc) is 2.71. The quantitative estimate of drug-likeness (QED) is 0.868. The second-order valence-electron chi connectivity index (χ2n) is 4.91. The highest BCUT2D eigenvalue weighted by Gasteiger charge is 2.39. The molecule has 1 aliphatic heterocycles. The van der Waals surface area contributed by atoms with Crippen LogP contribution in [0, 0.1) is 12.8 Å². The van der Waals surface area contributed by atoms with Gasteiger partial charge in [0.05, 0.1) is 0 Å². The molecule has 1 N–H and O–H groups in total. The van der Waals surface area contributed by atoms with Crippen LogP contribution in [0.3, 0.4) is 0 Å². The molecule has 1 saturated heterocycles. The number of amides is 1. The van der Waals surface area contributed by atoms with Gasteiger partial charge in [-0.25, -0.2) is 4.79 Å². The Morgan fingerprint density at radius 3 is 2.44 bits per heavy atom. The van der Waals surface area contributed by atoms with E-state index in [1.54, 1.807) is 12.1 Å². The van der Waals surface area contributed by atoms with Crippen molar-refractivity contribution < 1.29 is 14.7 Å². The van der Waals surface area contributed by atoms with E-state index in [1.807, 2.05) is 26.0 Å². The average molecular weight is 247 g/mol. The molecule has 0 radical (unpaired) electrons. The van der Waals surface area contributed by atoms with Crippen molar-refractivity contribution in [2.75, 3.05) is 6.54 Å².